The third-order valence-electron chi connectivity index (χ3n) is 3.03. The summed E-state index contributed by atoms with van der Waals surface area (Å²) in [7, 11) is 0. The second-order valence-corrected chi connectivity index (χ2v) is 4.27. The number of hydrogen-bond acceptors (Lipinski definition) is 5. The molecule has 2 heterocycles. The van der Waals surface area contributed by atoms with Gasteiger partial charge in [-0.25, -0.2) is 0 Å². The Labute approximate surface area is 94.8 Å². The van der Waals surface area contributed by atoms with E-state index in [9.17, 15) is 4.79 Å². The minimum absolute atomic E-state index is 0.178. The van der Waals surface area contributed by atoms with Crippen molar-refractivity contribution in [2.45, 2.75) is 33.2 Å². The third kappa shape index (κ3) is 2.47. The molecule has 1 aromatic rings. The summed E-state index contributed by atoms with van der Waals surface area (Å²) in [5.41, 5.74) is 0. The fraction of sp³-hybridized carbons (Fsp3) is 0.727. The summed E-state index contributed by atoms with van der Waals surface area (Å²) in [6, 6.07) is 0. The van der Waals surface area contributed by atoms with Gasteiger partial charge in [-0.05, 0) is 6.42 Å². The summed E-state index contributed by atoms with van der Waals surface area (Å²) in [5.74, 6) is 1.80. The molecule has 88 valence electrons. The molecule has 0 saturated carbocycles. The van der Waals surface area contributed by atoms with Gasteiger partial charge >= 0.3 is 0 Å². The van der Waals surface area contributed by atoms with E-state index in [1.165, 1.54) is 0 Å². The van der Waals surface area contributed by atoms with Crippen LogP contribution in [-0.4, -0.2) is 34.0 Å². The first-order chi connectivity index (χ1) is 7.69. The van der Waals surface area contributed by atoms with Crippen LogP contribution in [-0.2, 0) is 11.3 Å². The van der Waals surface area contributed by atoms with Crippen LogP contribution in [0, 0.1) is 12.8 Å². The zero-order valence-electron chi connectivity index (χ0n) is 9.77. The predicted molar refractivity (Wildman–Crippen MR) is 57.7 cm³/mol. The second kappa shape index (κ2) is 4.74. The van der Waals surface area contributed by atoms with Crippen molar-refractivity contribution in [1.29, 1.82) is 0 Å². The van der Waals surface area contributed by atoms with E-state index in [0.717, 1.165) is 19.5 Å². The lowest BCUT2D eigenvalue weighted by Crippen LogP contribution is -2.40. The zero-order valence-corrected chi connectivity index (χ0v) is 9.77. The number of hydrogen-bond donors (Lipinski definition) is 0. The van der Waals surface area contributed by atoms with Crippen LogP contribution in [0.15, 0.2) is 4.42 Å². The number of aryl methyl sites for hydroxylation is 1. The molecule has 5 heteroatoms. The Hall–Kier alpha value is -1.23. The average molecular weight is 223 g/mol. The Morgan fingerprint density at radius 2 is 2.31 bits per heavy atom. The van der Waals surface area contributed by atoms with E-state index in [1.807, 2.05) is 0 Å². The summed E-state index contributed by atoms with van der Waals surface area (Å²) in [6.07, 6.45) is 1.56. The highest BCUT2D eigenvalue weighted by Gasteiger charge is 2.26. The van der Waals surface area contributed by atoms with Crippen LogP contribution in [0.3, 0.4) is 0 Å². The van der Waals surface area contributed by atoms with Crippen LogP contribution in [0.4, 0.5) is 0 Å². The van der Waals surface area contributed by atoms with Gasteiger partial charge in [0.25, 0.3) is 0 Å². The van der Waals surface area contributed by atoms with Crippen LogP contribution < -0.4 is 0 Å². The summed E-state index contributed by atoms with van der Waals surface area (Å²) in [4.78, 5) is 13.8. The van der Waals surface area contributed by atoms with Crippen molar-refractivity contribution in [3.63, 3.8) is 0 Å². The Bertz CT molecular complexity index is 375. The molecule has 16 heavy (non-hydrogen) atoms. The van der Waals surface area contributed by atoms with Crippen molar-refractivity contribution in [3.8, 4) is 0 Å². The van der Waals surface area contributed by atoms with Crippen molar-refractivity contribution < 1.29 is 9.21 Å². The van der Waals surface area contributed by atoms with Gasteiger partial charge in [0, 0.05) is 32.4 Å². The van der Waals surface area contributed by atoms with E-state index in [2.05, 4.69) is 22.0 Å². The molecule has 0 radical (unpaired) electrons. The van der Waals surface area contributed by atoms with E-state index in [1.54, 1.807) is 6.92 Å². The standard InChI is InChI=1S/C11H17N3O2/c1-3-9-6-14(5-4-10(9)15)7-11-13-12-8(2)16-11/h9H,3-7H2,1-2H3. The SMILES string of the molecule is CCC1CN(Cc2nnc(C)o2)CCC1=O. The average Bonchev–Trinajstić information content (AvgIpc) is 2.67. The lowest BCUT2D eigenvalue weighted by molar-refractivity contribution is -0.126. The minimum atomic E-state index is 0.178. The Kier molecular flexibility index (Phi) is 3.33. The zero-order chi connectivity index (χ0) is 11.5. The number of Topliss-reactive ketones (excluding diaryl/α,β-unsaturated/α-hetero) is 1. The molecule has 1 fully saturated rings. The molecule has 1 aliphatic heterocycles. The van der Waals surface area contributed by atoms with Crippen molar-refractivity contribution >= 4 is 5.78 Å². The molecule has 0 N–H and O–H groups in total. The second-order valence-electron chi connectivity index (χ2n) is 4.27. The van der Waals surface area contributed by atoms with Crippen molar-refractivity contribution in [1.82, 2.24) is 15.1 Å². The van der Waals surface area contributed by atoms with E-state index >= 15 is 0 Å². The summed E-state index contributed by atoms with van der Waals surface area (Å²) in [5, 5.41) is 7.76. The van der Waals surface area contributed by atoms with Crippen LogP contribution in [0.25, 0.3) is 0 Å². The van der Waals surface area contributed by atoms with Crippen molar-refractivity contribution in [2.75, 3.05) is 13.1 Å². The largest absolute Gasteiger partial charge is 0.424 e. The summed E-state index contributed by atoms with van der Waals surface area (Å²) >= 11 is 0. The predicted octanol–water partition coefficient (Wildman–Crippen LogP) is 1.18. The first-order valence-corrected chi connectivity index (χ1v) is 5.73. The maximum Gasteiger partial charge on any atom is 0.230 e. The number of nitrogens with zero attached hydrogens (tertiary/aromatic N) is 3. The molecule has 1 aromatic heterocycles. The lowest BCUT2D eigenvalue weighted by Gasteiger charge is -2.29. The molecule has 1 aliphatic rings. The molecule has 1 atom stereocenters. The van der Waals surface area contributed by atoms with Crippen LogP contribution in [0.1, 0.15) is 31.5 Å². The number of rotatable bonds is 3. The molecule has 1 unspecified atom stereocenters. The van der Waals surface area contributed by atoms with E-state index < -0.39 is 0 Å². The summed E-state index contributed by atoms with van der Waals surface area (Å²) in [6.45, 7) is 6.12. The molecule has 0 spiro atoms. The smallest absolute Gasteiger partial charge is 0.230 e. The highest BCUT2D eigenvalue weighted by Crippen LogP contribution is 2.17. The number of carbonyl (C=O) groups is 1. The Morgan fingerprint density at radius 3 is 2.94 bits per heavy atom. The topological polar surface area (TPSA) is 59.2 Å². The molecule has 0 aliphatic carbocycles. The van der Waals surface area contributed by atoms with Crippen LogP contribution in [0.2, 0.25) is 0 Å². The Morgan fingerprint density at radius 1 is 1.50 bits per heavy atom. The van der Waals surface area contributed by atoms with E-state index in [0.29, 0.717) is 30.5 Å². The van der Waals surface area contributed by atoms with Gasteiger partial charge in [-0.1, -0.05) is 6.92 Å². The molecule has 0 amide bonds. The van der Waals surface area contributed by atoms with Crippen LogP contribution >= 0.6 is 0 Å². The highest BCUT2D eigenvalue weighted by atomic mass is 16.4. The lowest BCUT2D eigenvalue weighted by atomic mass is 9.94. The molecule has 2 rings (SSSR count). The minimum Gasteiger partial charge on any atom is -0.424 e. The van der Waals surface area contributed by atoms with Gasteiger partial charge in [0.05, 0.1) is 6.54 Å². The maximum absolute atomic E-state index is 11.5. The van der Waals surface area contributed by atoms with E-state index in [4.69, 9.17) is 4.42 Å². The highest BCUT2D eigenvalue weighted by molar-refractivity contribution is 5.82. The number of likely N-dealkylation sites (tertiary alicyclic amines) is 1. The first-order valence-electron chi connectivity index (χ1n) is 5.73. The van der Waals surface area contributed by atoms with Crippen molar-refractivity contribution in [3.05, 3.63) is 11.8 Å². The fourth-order valence-corrected chi connectivity index (χ4v) is 2.07. The fourth-order valence-electron chi connectivity index (χ4n) is 2.07. The van der Waals surface area contributed by atoms with Gasteiger partial charge in [0.15, 0.2) is 0 Å². The molecule has 5 nitrogen and oxygen atoms in total. The molecular weight excluding hydrogens is 206 g/mol. The third-order valence-corrected chi connectivity index (χ3v) is 3.03. The van der Waals surface area contributed by atoms with Gasteiger partial charge in [-0.15, -0.1) is 10.2 Å². The molecule has 0 bridgehead atoms. The quantitative estimate of drug-likeness (QED) is 0.770. The number of piperidine rings is 1. The molecular formula is C11H17N3O2. The van der Waals surface area contributed by atoms with E-state index in [-0.39, 0.29) is 5.92 Å². The Balaban J connectivity index is 1.93. The monoisotopic (exact) mass is 223 g/mol. The molecule has 0 aromatic carbocycles. The number of ketones is 1. The van der Waals surface area contributed by atoms with Gasteiger partial charge in [-0.2, -0.15) is 0 Å². The van der Waals surface area contributed by atoms with Gasteiger partial charge < -0.3 is 4.42 Å². The van der Waals surface area contributed by atoms with Crippen molar-refractivity contribution in [2.24, 2.45) is 5.92 Å². The van der Waals surface area contributed by atoms with Crippen LogP contribution in [0.5, 0.6) is 0 Å². The number of carbonyl (C=O) groups excluding carboxylic acids is 1. The number of aromatic nitrogens is 2. The first kappa shape index (κ1) is 11.3. The van der Waals surface area contributed by atoms with Gasteiger partial charge in [0.1, 0.15) is 5.78 Å². The summed E-state index contributed by atoms with van der Waals surface area (Å²) < 4.78 is 5.33. The molecule has 1 saturated heterocycles. The van der Waals surface area contributed by atoms with Gasteiger partial charge in [-0.3, -0.25) is 9.69 Å². The normalized spacial score (nSPS) is 22.6. The van der Waals surface area contributed by atoms with Gasteiger partial charge in [0.2, 0.25) is 11.8 Å². The maximum atomic E-state index is 11.5.